The lowest BCUT2D eigenvalue weighted by molar-refractivity contribution is -0.0507. The number of alkyl halides is 2. The molecule has 1 aromatic carbocycles. The smallest absolute Gasteiger partial charge is 0.387 e. The fraction of sp³-hybridized carbons (Fsp3) is 0.333. The molecule has 15 heavy (non-hydrogen) atoms. The fourth-order valence-electron chi connectivity index (χ4n) is 1.11. The Morgan fingerprint density at radius 2 is 2.13 bits per heavy atom. The number of nitrogens with two attached hydrogens (primary N) is 1. The van der Waals surface area contributed by atoms with Crippen LogP contribution in [0, 0.1) is 0 Å². The molecule has 3 N–H and O–H groups in total. The summed E-state index contributed by atoms with van der Waals surface area (Å²) in [5, 5.41) is 9.17. The Morgan fingerprint density at radius 1 is 1.47 bits per heavy atom. The third-order valence-corrected chi connectivity index (χ3v) is 2.02. The van der Waals surface area contributed by atoms with Crippen LogP contribution in [0.15, 0.2) is 18.2 Å². The van der Waals surface area contributed by atoms with Crippen molar-refractivity contribution >= 4 is 11.6 Å². The Hall–Kier alpha value is -0.910. The lowest BCUT2D eigenvalue weighted by Gasteiger charge is -2.14. The van der Waals surface area contributed by atoms with Crippen LogP contribution in [0.4, 0.5) is 8.78 Å². The maximum Gasteiger partial charge on any atom is 0.387 e. The quantitative estimate of drug-likeness (QED) is 0.841. The minimum absolute atomic E-state index is 0.0732. The molecule has 0 aliphatic heterocycles. The molecular formula is C9H10ClF2NO2. The second-order valence-corrected chi connectivity index (χ2v) is 3.29. The summed E-state index contributed by atoms with van der Waals surface area (Å²) < 4.78 is 28.3. The molecule has 0 unspecified atom stereocenters. The summed E-state index contributed by atoms with van der Waals surface area (Å²) in [6.45, 7) is -3.31. The van der Waals surface area contributed by atoms with E-state index in [1.165, 1.54) is 18.2 Å². The summed E-state index contributed by atoms with van der Waals surface area (Å²) >= 11 is 5.67. The van der Waals surface area contributed by atoms with Gasteiger partial charge in [-0.05, 0) is 18.2 Å². The van der Waals surface area contributed by atoms with Crippen LogP contribution >= 0.6 is 11.6 Å². The Bertz CT molecular complexity index is 336. The number of benzene rings is 1. The number of aliphatic hydroxyl groups excluding tert-OH is 1. The Kier molecular flexibility index (Phi) is 4.26. The predicted octanol–water partition coefficient (Wildman–Crippen LogP) is 1.93. The van der Waals surface area contributed by atoms with E-state index >= 15 is 0 Å². The second-order valence-electron chi connectivity index (χ2n) is 2.85. The van der Waals surface area contributed by atoms with Crippen molar-refractivity contribution in [3.63, 3.8) is 0 Å². The van der Waals surface area contributed by atoms with Gasteiger partial charge in [-0.1, -0.05) is 11.6 Å². The largest absolute Gasteiger partial charge is 0.434 e. The van der Waals surface area contributed by atoms with Crippen molar-refractivity contribution in [3.05, 3.63) is 28.8 Å². The van der Waals surface area contributed by atoms with Crippen molar-refractivity contribution in [2.75, 3.05) is 6.61 Å². The van der Waals surface area contributed by atoms with Gasteiger partial charge in [0.25, 0.3) is 0 Å². The van der Waals surface area contributed by atoms with Gasteiger partial charge in [-0.3, -0.25) is 0 Å². The Labute approximate surface area is 90.4 Å². The van der Waals surface area contributed by atoms with Crippen LogP contribution in [0.1, 0.15) is 11.6 Å². The minimum atomic E-state index is -2.93. The molecule has 1 rings (SSSR count). The van der Waals surface area contributed by atoms with Gasteiger partial charge in [-0.2, -0.15) is 8.78 Å². The molecule has 0 radical (unpaired) electrons. The van der Waals surface area contributed by atoms with E-state index in [9.17, 15) is 8.78 Å². The van der Waals surface area contributed by atoms with Gasteiger partial charge >= 0.3 is 6.61 Å². The van der Waals surface area contributed by atoms with E-state index in [-0.39, 0.29) is 17.9 Å². The lowest BCUT2D eigenvalue weighted by atomic mass is 10.1. The highest BCUT2D eigenvalue weighted by Crippen LogP contribution is 2.28. The molecule has 0 saturated heterocycles. The van der Waals surface area contributed by atoms with Crippen LogP contribution in [0.5, 0.6) is 5.75 Å². The van der Waals surface area contributed by atoms with Gasteiger partial charge in [0.05, 0.1) is 12.6 Å². The first-order valence-corrected chi connectivity index (χ1v) is 4.53. The summed E-state index contributed by atoms with van der Waals surface area (Å²) in [4.78, 5) is 0. The molecule has 0 aliphatic rings. The van der Waals surface area contributed by atoms with Gasteiger partial charge < -0.3 is 15.6 Å². The zero-order chi connectivity index (χ0) is 11.4. The number of aliphatic hydroxyl groups is 1. The fourth-order valence-corrected chi connectivity index (χ4v) is 1.29. The highest BCUT2D eigenvalue weighted by atomic mass is 35.5. The summed E-state index contributed by atoms with van der Waals surface area (Å²) in [7, 11) is 0. The van der Waals surface area contributed by atoms with E-state index in [0.717, 1.165) is 0 Å². The molecule has 0 fully saturated rings. The average Bonchev–Trinajstić information content (AvgIpc) is 2.19. The molecule has 1 atom stereocenters. The molecule has 0 aliphatic carbocycles. The zero-order valence-corrected chi connectivity index (χ0v) is 8.42. The SMILES string of the molecule is N[C@@H](CO)c1cc(Cl)ccc1OC(F)F. The van der Waals surface area contributed by atoms with Crippen molar-refractivity contribution in [2.45, 2.75) is 12.7 Å². The Balaban J connectivity index is 3.02. The van der Waals surface area contributed by atoms with Crippen LogP contribution in [-0.2, 0) is 0 Å². The molecule has 3 nitrogen and oxygen atoms in total. The average molecular weight is 238 g/mol. The first-order valence-electron chi connectivity index (χ1n) is 4.15. The highest BCUT2D eigenvalue weighted by Gasteiger charge is 2.15. The number of halogens is 3. The first kappa shape index (κ1) is 12.2. The molecule has 0 saturated carbocycles. The van der Waals surface area contributed by atoms with Crippen LogP contribution in [0.25, 0.3) is 0 Å². The van der Waals surface area contributed by atoms with E-state index in [0.29, 0.717) is 5.02 Å². The topological polar surface area (TPSA) is 55.5 Å². The Morgan fingerprint density at radius 3 is 2.67 bits per heavy atom. The third-order valence-electron chi connectivity index (χ3n) is 1.78. The van der Waals surface area contributed by atoms with E-state index < -0.39 is 12.7 Å². The molecule has 6 heteroatoms. The van der Waals surface area contributed by atoms with Gasteiger partial charge in [0.2, 0.25) is 0 Å². The third kappa shape index (κ3) is 3.30. The molecular weight excluding hydrogens is 228 g/mol. The van der Waals surface area contributed by atoms with Crippen LogP contribution < -0.4 is 10.5 Å². The number of rotatable bonds is 4. The van der Waals surface area contributed by atoms with Gasteiger partial charge in [0, 0.05) is 10.6 Å². The van der Waals surface area contributed by atoms with Gasteiger partial charge in [0.1, 0.15) is 5.75 Å². The van der Waals surface area contributed by atoms with E-state index in [1.54, 1.807) is 0 Å². The maximum absolute atomic E-state index is 12.0. The highest BCUT2D eigenvalue weighted by molar-refractivity contribution is 6.30. The van der Waals surface area contributed by atoms with E-state index in [2.05, 4.69) is 4.74 Å². The maximum atomic E-state index is 12.0. The number of ether oxygens (including phenoxy) is 1. The summed E-state index contributed by atoms with van der Waals surface area (Å²) in [5.74, 6) is -0.0732. The second kappa shape index (κ2) is 5.25. The normalized spacial score (nSPS) is 12.9. The summed E-state index contributed by atoms with van der Waals surface area (Å²) in [5.41, 5.74) is 5.76. The van der Waals surface area contributed by atoms with Gasteiger partial charge in [0.15, 0.2) is 0 Å². The van der Waals surface area contributed by atoms with Crippen LogP contribution in [0.3, 0.4) is 0 Å². The zero-order valence-electron chi connectivity index (χ0n) is 7.66. The van der Waals surface area contributed by atoms with Crippen molar-refractivity contribution in [3.8, 4) is 5.75 Å². The molecule has 84 valence electrons. The van der Waals surface area contributed by atoms with E-state index in [4.69, 9.17) is 22.4 Å². The monoisotopic (exact) mass is 237 g/mol. The van der Waals surface area contributed by atoms with Crippen LogP contribution in [-0.4, -0.2) is 18.3 Å². The van der Waals surface area contributed by atoms with Gasteiger partial charge in [-0.25, -0.2) is 0 Å². The van der Waals surface area contributed by atoms with Gasteiger partial charge in [-0.15, -0.1) is 0 Å². The van der Waals surface area contributed by atoms with Crippen LogP contribution in [0.2, 0.25) is 5.02 Å². The van der Waals surface area contributed by atoms with Crippen molar-refractivity contribution in [1.29, 1.82) is 0 Å². The summed E-state index contributed by atoms with van der Waals surface area (Å²) in [6.07, 6.45) is 0. The first-order chi connectivity index (χ1) is 7.04. The van der Waals surface area contributed by atoms with E-state index in [1.807, 2.05) is 0 Å². The standard InChI is InChI=1S/C9H10ClF2NO2/c10-5-1-2-8(15-9(11)12)6(3-5)7(13)4-14/h1-3,7,9,14H,4,13H2/t7-/m0/s1. The van der Waals surface area contributed by atoms with Crippen molar-refractivity contribution in [2.24, 2.45) is 5.73 Å². The number of hydrogen-bond donors (Lipinski definition) is 2. The molecule has 0 amide bonds. The molecule has 0 bridgehead atoms. The predicted molar refractivity (Wildman–Crippen MR) is 52.1 cm³/mol. The molecule has 1 aromatic rings. The summed E-state index contributed by atoms with van der Waals surface area (Å²) in [6, 6.07) is 3.30. The molecule has 0 aromatic heterocycles. The molecule has 0 heterocycles. The lowest BCUT2D eigenvalue weighted by Crippen LogP contribution is -2.16. The number of hydrogen-bond acceptors (Lipinski definition) is 3. The van der Waals surface area contributed by atoms with Crippen molar-refractivity contribution < 1.29 is 18.6 Å². The molecule has 0 spiro atoms. The van der Waals surface area contributed by atoms with Crippen molar-refractivity contribution in [1.82, 2.24) is 0 Å². The minimum Gasteiger partial charge on any atom is -0.434 e.